The molecule has 0 N–H and O–H groups in total. The van der Waals surface area contributed by atoms with E-state index in [2.05, 4.69) is 15.0 Å². The van der Waals surface area contributed by atoms with Crippen LogP contribution >= 0.6 is 23.2 Å². The molecule has 1 amide bonds. The number of nitrogens with zero attached hydrogens (tertiary/aromatic N) is 5. The zero-order valence-electron chi connectivity index (χ0n) is 19.3. The number of carbonyl (C=O) groups is 1. The summed E-state index contributed by atoms with van der Waals surface area (Å²) in [6.45, 7) is 4.98. The fourth-order valence-electron chi connectivity index (χ4n) is 3.94. The van der Waals surface area contributed by atoms with Crippen LogP contribution in [0.15, 0.2) is 17.1 Å². The predicted octanol–water partition coefficient (Wildman–Crippen LogP) is 4.68. The Balaban J connectivity index is 1.74. The SMILES string of the molecule is CN=CC(C)c1cc(Cl)c(OC)cc1N1CCN(C(=O)Cn2nc(C(F)(F)F)c(Cl)c2C)CC1. The standard InChI is InChI=1S/C22H26Cl2F3N5O2/c1-13(11-28-3)15-9-16(23)18(34-4)10-17(15)30-5-7-31(8-6-30)19(33)12-32-14(2)20(24)21(29-32)22(25,26)27/h9-11,13H,5-8,12H2,1-4H3. The second kappa shape index (κ2) is 10.4. The molecule has 1 fully saturated rings. The summed E-state index contributed by atoms with van der Waals surface area (Å²) in [7, 11) is 3.25. The number of ether oxygens (including phenoxy) is 1. The van der Waals surface area contributed by atoms with Gasteiger partial charge in [0, 0.05) is 57.1 Å². The lowest BCUT2D eigenvalue weighted by atomic mass is 9.98. The van der Waals surface area contributed by atoms with Crippen molar-refractivity contribution in [2.24, 2.45) is 4.99 Å². The van der Waals surface area contributed by atoms with E-state index in [1.54, 1.807) is 19.1 Å². The average Bonchev–Trinajstić information content (AvgIpc) is 3.08. The van der Waals surface area contributed by atoms with Gasteiger partial charge in [0.25, 0.3) is 0 Å². The van der Waals surface area contributed by atoms with Gasteiger partial charge in [0.2, 0.25) is 5.91 Å². The largest absolute Gasteiger partial charge is 0.495 e. The van der Waals surface area contributed by atoms with Gasteiger partial charge in [-0.1, -0.05) is 30.1 Å². The summed E-state index contributed by atoms with van der Waals surface area (Å²) in [5.41, 5.74) is 0.839. The van der Waals surface area contributed by atoms with Gasteiger partial charge in [-0.05, 0) is 18.6 Å². The maximum absolute atomic E-state index is 13.1. The molecule has 1 saturated heterocycles. The molecule has 186 valence electrons. The lowest BCUT2D eigenvalue weighted by Crippen LogP contribution is -2.50. The van der Waals surface area contributed by atoms with Crippen LogP contribution in [0.3, 0.4) is 0 Å². The van der Waals surface area contributed by atoms with E-state index in [-0.39, 0.29) is 24.1 Å². The molecule has 1 aliphatic heterocycles. The van der Waals surface area contributed by atoms with Crippen molar-refractivity contribution in [3.8, 4) is 5.75 Å². The number of aromatic nitrogens is 2. The Morgan fingerprint density at radius 3 is 2.44 bits per heavy atom. The number of hydrogen-bond acceptors (Lipinski definition) is 5. The minimum Gasteiger partial charge on any atom is -0.495 e. The van der Waals surface area contributed by atoms with Crippen molar-refractivity contribution in [1.29, 1.82) is 0 Å². The number of rotatable bonds is 6. The van der Waals surface area contributed by atoms with Crippen LogP contribution in [-0.4, -0.2) is 67.1 Å². The molecular weight excluding hydrogens is 494 g/mol. The third-order valence-corrected chi connectivity index (χ3v) is 6.57. The molecule has 0 saturated carbocycles. The molecule has 1 atom stereocenters. The van der Waals surface area contributed by atoms with Crippen LogP contribution in [0, 0.1) is 6.92 Å². The van der Waals surface area contributed by atoms with Crippen molar-refractivity contribution in [1.82, 2.24) is 14.7 Å². The molecular formula is C22H26Cl2F3N5O2. The van der Waals surface area contributed by atoms with E-state index in [9.17, 15) is 18.0 Å². The highest BCUT2D eigenvalue weighted by atomic mass is 35.5. The molecule has 1 aromatic carbocycles. The maximum Gasteiger partial charge on any atom is 0.436 e. The highest BCUT2D eigenvalue weighted by Crippen LogP contribution is 2.37. The van der Waals surface area contributed by atoms with E-state index < -0.39 is 16.9 Å². The average molecular weight is 520 g/mol. The Hall–Kier alpha value is -2.46. The van der Waals surface area contributed by atoms with Crippen LogP contribution in [0.2, 0.25) is 10.0 Å². The number of piperazine rings is 1. The fourth-order valence-corrected chi connectivity index (χ4v) is 4.43. The van der Waals surface area contributed by atoms with Crippen molar-refractivity contribution in [3.05, 3.63) is 39.1 Å². The Kier molecular flexibility index (Phi) is 8.02. The van der Waals surface area contributed by atoms with E-state index in [0.717, 1.165) is 15.9 Å². The number of benzene rings is 1. The first-order chi connectivity index (χ1) is 16.0. The van der Waals surface area contributed by atoms with Gasteiger partial charge in [0.1, 0.15) is 12.3 Å². The quantitative estimate of drug-likeness (QED) is 0.520. The molecule has 0 aliphatic carbocycles. The highest BCUT2D eigenvalue weighted by molar-refractivity contribution is 6.32. The summed E-state index contributed by atoms with van der Waals surface area (Å²) in [5, 5.41) is 3.53. The minimum absolute atomic E-state index is 0.0124. The number of alkyl halides is 3. The first kappa shape index (κ1) is 26.2. The van der Waals surface area contributed by atoms with Gasteiger partial charge < -0.3 is 19.5 Å². The second-order valence-electron chi connectivity index (χ2n) is 8.01. The number of hydrogen-bond donors (Lipinski definition) is 0. The molecule has 0 radical (unpaired) electrons. The highest BCUT2D eigenvalue weighted by Gasteiger charge is 2.38. The third-order valence-electron chi connectivity index (χ3n) is 5.82. The summed E-state index contributed by atoms with van der Waals surface area (Å²) >= 11 is 12.1. The van der Waals surface area contributed by atoms with Crippen LogP contribution in [0.4, 0.5) is 18.9 Å². The zero-order chi connectivity index (χ0) is 25.2. The van der Waals surface area contributed by atoms with E-state index in [4.69, 9.17) is 27.9 Å². The molecule has 3 rings (SSSR count). The monoisotopic (exact) mass is 519 g/mol. The minimum atomic E-state index is -4.68. The Labute approximate surface area is 206 Å². The van der Waals surface area contributed by atoms with Crippen molar-refractivity contribution < 1.29 is 22.7 Å². The topological polar surface area (TPSA) is 63.0 Å². The molecule has 0 spiro atoms. The number of aliphatic imine (C=N–C) groups is 1. The Morgan fingerprint density at radius 2 is 1.91 bits per heavy atom. The van der Waals surface area contributed by atoms with Crippen LogP contribution in [0.1, 0.15) is 29.8 Å². The van der Waals surface area contributed by atoms with Gasteiger partial charge in [-0.3, -0.25) is 9.48 Å². The van der Waals surface area contributed by atoms with Crippen LogP contribution < -0.4 is 9.64 Å². The zero-order valence-corrected chi connectivity index (χ0v) is 20.8. The summed E-state index contributed by atoms with van der Waals surface area (Å²) in [6, 6.07) is 3.74. The van der Waals surface area contributed by atoms with Gasteiger partial charge in [0.05, 0.1) is 22.8 Å². The molecule has 0 bridgehead atoms. The van der Waals surface area contributed by atoms with E-state index in [0.29, 0.717) is 37.0 Å². The van der Waals surface area contributed by atoms with Gasteiger partial charge in [-0.25, -0.2) is 0 Å². The maximum atomic E-state index is 13.1. The van der Waals surface area contributed by atoms with Gasteiger partial charge in [-0.2, -0.15) is 18.3 Å². The smallest absolute Gasteiger partial charge is 0.436 e. The lowest BCUT2D eigenvalue weighted by Gasteiger charge is -2.37. The van der Waals surface area contributed by atoms with Gasteiger partial charge in [-0.15, -0.1) is 0 Å². The molecule has 7 nitrogen and oxygen atoms in total. The van der Waals surface area contributed by atoms with Crippen molar-refractivity contribution in [2.75, 3.05) is 45.2 Å². The third kappa shape index (κ3) is 5.43. The fraction of sp³-hybridized carbons (Fsp3) is 0.500. The van der Waals surface area contributed by atoms with Gasteiger partial charge >= 0.3 is 6.18 Å². The van der Waals surface area contributed by atoms with Crippen molar-refractivity contribution in [2.45, 2.75) is 32.5 Å². The number of amides is 1. The van der Waals surface area contributed by atoms with Crippen LogP contribution in [0.25, 0.3) is 0 Å². The van der Waals surface area contributed by atoms with Crippen molar-refractivity contribution >= 4 is 41.0 Å². The van der Waals surface area contributed by atoms with E-state index in [1.807, 2.05) is 25.3 Å². The lowest BCUT2D eigenvalue weighted by molar-refractivity contribution is -0.142. The predicted molar refractivity (Wildman–Crippen MR) is 127 cm³/mol. The van der Waals surface area contributed by atoms with Gasteiger partial charge in [0.15, 0.2) is 5.69 Å². The molecule has 1 unspecified atom stereocenters. The number of carbonyl (C=O) groups excluding carboxylic acids is 1. The molecule has 1 aliphatic rings. The molecule has 12 heteroatoms. The Bertz CT molecular complexity index is 1080. The number of anilines is 1. The molecule has 34 heavy (non-hydrogen) atoms. The summed E-state index contributed by atoms with van der Waals surface area (Å²) in [6.07, 6.45) is -2.85. The Morgan fingerprint density at radius 1 is 1.26 bits per heavy atom. The number of methoxy groups -OCH3 is 1. The van der Waals surface area contributed by atoms with Crippen molar-refractivity contribution in [3.63, 3.8) is 0 Å². The first-order valence-electron chi connectivity index (χ1n) is 10.6. The van der Waals surface area contributed by atoms with E-state index in [1.165, 1.54) is 6.92 Å². The normalized spacial score (nSPS) is 15.8. The summed E-state index contributed by atoms with van der Waals surface area (Å²) < 4.78 is 45.6. The molecule has 2 aromatic rings. The molecule has 1 aromatic heterocycles. The van der Waals surface area contributed by atoms with Crippen LogP contribution in [-0.2, 0) is 17.5 Å². The van der Waals surface area contributed by atoms with Crippen LogP contribution in [0.5, 0.6) is 5.75 Å². The second-order valence-corrected chi connectivity index (χ2v) is 8.80. The first-order valence-corrected chi connectivity index (χ1v) is 11.4. The van der Waals surface area contributed by atoms with E-state index >= 15 is 0 Å². The molecule has 2 heterocycles. The summed E-state index contributed by atoms with van der Waals surface area (Å²) in [4.78, 5) is 20.7. The number of halogens is 5. The summed E-state index contributed by atoms with van der Waals surface area (Å²) in [5.74, 6) is 0.237.